The molecule has 0 radical (unpaired) electrons. The predicted molar refractivity (Wildman–Crippen MR) is 93.9 cm³/mol. The largest absolute Gasteiger partial charge is 0.443 e. The number of benzene rings is 1. The Balaban J connectivity index is 3.11. The van der Waals surface area contributed by atoms with Crippen molar-refractivity contribution in [3.8, 4) is 0 Å². The number of imide groups is 1. The third kappa shape index (κ3) is 6.28. The van der Waals surface area contributed by atoms with Gasteiger partial charge in [0.05, 0.1) is 17.3 Å². The van der Waals surface area contributed by atoms with Crippen molar-refractivity contribution in [2.24, 2.45) is 0 Å². The Morgan fingerprint density at radius 1 is 1.04 bits per heavy atom. The van der Waals surface area contributed by atoms with E-state index in [4.69, 9.17) is 26.8 Å². The maximum Gasteiger partial charge on any atom is 0.420 e. The van der Waals surface area contributed by atoms with Crippen molar-refractivity contribution in [1.29, 1.82) is 0 Å². The molecule has 1 aromatic carbocycles. The van der Waals surface area contributed by atoms with E-state index in [9.17, 15) is 9.59 Å². The molecule has 0 fully saturated rings. The van der Waals surface area contributed by atoms with Crippen LogP contribution in [0.1, 0.15) is 47.1 Å². The fourth-order valence-electron chi connectivity index (χ4n) is 1.73. The van der Waals surface area contributed by atoms with Gasteiger partial charge < -0.3 is 15.2 Å². The maximum absolute atomic E-state index is 12.4. The molecule has 0 unspecified atom stereocenters. The second-order valence-electron chi connectivity index (χ2n) is 7.37. The SMILES string of the molecule is CC(C)(C)OC(=O)N(Cc1cccc(N)c1Cl)C(=O)OC(C)(C)C. The average molecular weight is 357 g/mol. The van der Waals surface area contributed by atoms with Crippen molar-refractivity contribution in [1.82, 2.24) is 4.90 Å². The number of amides is 2. The molecule has 24 heavy (non-hydrogen) atoms. The number of nitrogens with two attached hydrogens (primary N) is 1. The number of rotatable bonds is 2. The van der Waals surface area contributed by atoms with E-state index in [1.54, 1.807) is 59.7 Å². The van der Waals surface area contributed by atoms with Crippen molar-refractivity contribution in [3.05, 3.63) is 28.8 Å². The lowest BCUT2D eigenvalue weighted by Gasteiger charge is -2.28. The monoisotopic (exact) mass is 356 g/mol. The first-order valence-corrected chi connectivity index (χ1v) is 7.94. The normalized spacial score (nSPS) is 11.8. The number of hydrogen-bond acceptors (Lipinski definition) is 5. The molecule has 0 atom stereocenters. The second-order valence-corrected chi connectivity index (χ2v) is 7.75. The molecule has 0 aliphatic carbocycles. The highest BCUT2D eigenvalue weighted by Gasteiger charge is 2.31. The molecule has 1 rings (SSSR count). The van der Waals surface area contributed by atoms with Gasteiger partial charge in [0.15, 0.2) is 0 Å². The molecule has 0 aromatic heterocycles. The van der Waals surface area contributed by atoms with Crippen LogP contribution < -0.4 is 5.73 Å². The summed E-state index contributed by atoms with van der Waals surface area (Å²) in [5, 5.41) is 0.287. The summed E-state index contributed by atoms with van der Waals surface area (Å²) in [6.07, 6.45) is -1.62. The van der Waals surface area contributed by atoms with Gasteiger partial charge in [-0.15, -0.1) is 0 Å². The molecule has 2 amide bonds. The Bertz CT molecular complexity index is 590. The molecule has 0 saturated carbocycles. The number of carbonyl (C=O) groups is 2. The number of nitrogen functional groups attached to an aromatic ring is 1. The van der Waals surface area contributed by atoms with Crippen molar-refractivity contribution >= 4 is 29.5 Å². The first kappa shape index (κ1) is 20.1. The van der Waals surface area contributed by atoms with Crippen LogP contribution in [0, 0.1) is 0 Å². The Morgan fingerprint density at radius 2 is 1.50 bits per heavy atom. The molecule has 0 aliphatic rings. The maximum atomic E-state index is 12.4. The van der Waals surface area contributed by atoms with Gasteiger partial charge in [0.2, 0.25) is 0 Å². The summed E-state index contributed by atoms with van der Waals surface area (Å²) in [6, 6.07) is 5.01. The van der Waals surface area contributed by atoms with Crippen LogP contribution in [-0.2, 0) is 16.0 Å². The number of halogens is 1. The average Bonchev–Trinajstić information content (AvgIpc) is 2.36. The van der Waals surface area contributed by atoms with Gasteiger partial charge in [0.25, 0.3) is 0 Å². The van der Waals surface area contributed by atoms with E-state index in [0.29, 0.717) is 11.3 Å². The highest BCUT2D eigenvalue weighted by molar-refractivity contribution is 6.33. The van der Waals surface area contributed by atoms with Crippen LogP contribution >= 0.6 is 11.6 Å². The van der Waals surface area contributed by atoms with E-state index in [2.05, 4.69) is 0 Å². The molecule has 1 aromatic rings. The Labute approximate surface area is 147 Å². The van der Waals surface area contributed by atoms with Gasteiger partial charge in [-0.3, -0.25) is 0 Å². The van der Waals surface area contributed by atoms with Crippen molar-refractivity contribution < 1.29 is 19.1 Å². The zero-order valence-corrected chi connectivity index (χ0v) is 15.7. The molecule has 134 valence electrons. The van der Waals surface area contributed by atoms with E-state index >= 15 is 0 Å². The van der Waals surface area contributed by atoms with Crippen LogP contribution in [0.25, 0.3) is 0 Å². The third-order valence-corrected chi connectivity index (χ3v) is 3.13. The number of hydrogen-bond donors (Lipinski definition) is 1. The highest BCUT2D eigenvalue weighted by Crippen LogP contribution is 2.25. The van der Waals surface area contributed by atoms with Crippen molar-refractivity contribution in [3.63, 3.8) is 0 Å². The smallest absolute Gasteiger partial charge is 0.420 e. The first-order chi connectivity index (χ1) is 10.8. The summed E-state index contributed by atoms with van der Waals surface area (Å²) in [5.74, 6) is 0. The highest BCUT2D eigenvalue weighted by atomic mass is 35.5. The number of nitrogens with zero attached hydrogens (tertiary/aromatic N) is 1. The number of carbonyl (C=O) groups excluding carboxylic acids is 2. The fourth-order valence-corrected chi connectivity index (χ4v) is 1.92. The summed E-state index contributed by atoms with van der Waals surface area (Å²) in [5.41, 5.74) is 5.15. The standard InChI is InChI=1S/C17H25ClN2O4/c1-16(2,3)23-14(21)20(15(22)24-17(4,5)6)10-11-8-7-9-12(19)13(11)18/h7-9H,10,19H2,1-6H3. The summed E-state index contributed by atoms with van der Waals surface area (Å²) >= 11 is 6.16. The zero-order valence-electron chi connectivity index (χ0n) is 15.0. The van der Waals surface area contributed by atoms with E-state index < -0.39 is 23.4 Å². The molecule has 0 heterocycles. The second kappa shape index (κ2) is 7.30. The van der Waals surface area contributed by atoms with Gasteiger partial charge in [-0.25, -0.2) is 14.5 Å². The van der Waals surface area contributed by atoms with E-state index in [-0.39, 0.29) is 11.6 Å². The lowest BCUT2D eigenvalue weighted by atomic mass is 10.2. The van der Waals surface area contributed by atoms with Crippen molar-refractivity contribution in [2.45, 2.75) is 59.3 Å². The van der Waals surface area contributed by atoms with Gasteiger partial charge in [0.1, 0.15) is 11.2 Å². The molecule has 0 aliphatic heterocycles. The van der Waals surface area contributed by atoms with Gasteiger partial charge in [-0.2, -0.15) is 0 Å². The quantitative estimate of drug-likeness (QED) is 0.783. The lowest BCUT2D eigenvalue weighted by molar-refractivity contribution is -0.000234. The minimum atomic E-state index is -0.810. The van der Waals surface area contributed by atoms with Crippen molar-refractivity contribution in [2.75, 3.05) is 5.73 Å². The molecule has 7 heteroatoms. The van der Waals surface area contributed by atoms with Crippen LogP contribution in [0.2, 0.25) is 5.02 Å². The van der Waals surface area contributed by atoms with Crippen LogP contribution in [0.3, 0.4) is 0 Å². The lowest BCUT2D eigenvalue weighted by Crippen LogP contribution is -2.43. The molecular weight excluding hydrogens is 332 g/mol. The van der Waals surface area contributed by atoms with E-state index in [1.165, 1.54) is 0 Å². The van der Waals surface area contributed by atoms with Crippen LogP contribution in [0.5, 0.6) is 0 Å². The summed E-state index contributed by atoms with van der Waals surface area (Å²) in [4.78, 5) is 25.7. The Hall–Kier alpha value is -1.95. The number of ether oxygens (including phenoxy) is 2. The molecular formula is C17H25ClN2O4. The van der Waals surface area contributed by atoms with E-state index in [0.717, 1.165) is 4.90 Å². The molecule has 0 spiro atoms. The first-order valence-electron chi connectivity index (χ1n) is 7.56. The minimum absolute atomic E-state index is 0.103. The molecule has 6 nitrogen and oxygen atoms in total. The topological polar surface area (TPSA) is 81.9 Å². The van der Waals surface area contributed by atoms with Crippen LogP contribution in [-0.4, -0.2) is 28.3 Å². The van der Waals surface area contributed by atoms with Crippen LogP contribution in [0.4, 0.5) is 15.3 Å². The molecule has 2 N–H and O–H groups in total. The third-order valence-electron chi connectivity index (χ3n) is 2.66. The summed E-state index contributed by atoms with van der Waals surface area (Å²) < 4.78 is 10.6. The summed E-state index contributed by atoms with van der Waals surface area (Å²) in [7, 11) is 0. The van der Waals surface area contributed by atoms with Crippen LogP contribution in [0.15, 0.2) is 18.2 Å². The van der Waals surface area contributed by atoms with Gasteiger partial charge in [-0.1, -0.05) is 23.7 Å². The Morgan fingerprint density at radius 3 is 1.92 bits per heavy atom. The number of anilines is 1. The Kier molecular flexibility index (Phi) is 6.11. The summed E-state index contributed by atoms with van der Waals surface area (Å²) in [6.45, 7) is 10.2. The molecule has 0 saturated heterocycles. The van der Waals surface area contributed by atoms with Gasteiger partial charge in [-0.05, 0) is 53.2 Å². The minimum Gasteiger partial charge on any atom is -0.443 e. The predicted octanol–water partition coefficient (Wildman–Crippen LogP) is 4.59. The molecule has 0 bridgehead atoms. The fraction of sp³-hybridized carbons (Fsp3) is 0.529. The van der Waals surface area contributed by atoms with Gasteiger partial charge in [0, 0.05) is 0 Å². The van der Waals surface area contributed by atoms with E-state index in [1.807, 2.05) is 0 Å². The zero-order chi connectivity index (χ0) is 18.7. The van der Waals surface area contributed by atoms with Gasteiger partial charge >= 0.3 is 12.2 Å².